The Morgan fingerprint density at radius 1 is 1.67 bits per heavy atom. The molecule has 0 radical (unpaired) electrons. The number of benzene rings is 1. The summed E-state index contributed by atoms with van der Waals surface area (Å²) in [6.07, 6.45) is 0.708. The Hall–Kier alpha value is -0.850. The zero-order chi connectivity index (χ0) is 15.3. The van der Waals surface area contributed by atoms with Crippen LogP contribution in [-0.2, 0) is 4.79 Å². The van der Waals surface area contributed by atoms with Gasteiger partial charge in [0, 0.05) is 29.0 Å². The van der Waals surface area contributed by atoms with E-state index in [-0.39, 0.29) is 28.9 Å². The van der Waals surface area contributed by atoms with Gasteiger partial charge in [-0.1, -0.05) is 11.6 Å². The van der Waals surface area contributed by atoms with Gasteiger partial charge in [-0.25, -0.2) is 4.39 Å². The number of carbonyl (C=O) groups is 1. The molecule has 2 unspecified atom stereocenters. The van der Waals surface area contributed by atoms with Gasteiger partial charge in [0.1, 0.15) is 6.61 Å². The number of aliphatic hydroxyl groups excluding tert-OH is 1. The third-order valence-corrected chi connectivity index (χ3v) is 5.61. The zero-order valence-electron chi connectivity index (χ0n) is 11.4. The highest BCUT2D eigenvalue weighted by Crippen LogP contribution is 2.46. The molecule has 0 saturated carbocycles. The lowest BCUT2D eigenvalue weighted by molar-refractivity contribution is -0.137. The van der Waals surface area contributed by atoms with Crippen molar-refractivity contribution in [2.75, 3.05) is 18.5 Å². The van der Waals surface area contributed by atoms with Crippen LogP contribution in [0.4, 0.5) is 10.1 Å². The van der Waals surface area contributed by atoms with Crippen molar-refractivity contribution in [3.8, 4) is 0 Å². The van der Waals surface area contributed by atoms with E-state index in [1.807, 2.05) is 13.0 Å². The molecule has 21 heavy (non-hydrogen) atoms. The molecule has 2 aliphatic rings. The number of nitrogens with one attached hydrogen (secondary N) is 1. The highest BCUT2D eigenvalue weighted by molar-refractivity contribution is 9.10. The van der Waals surface area contributed by atoms with Gasteiger partial charge in [-0.05, 0) is 40.9 Å². The van der Waals surface area contributed by atoms with Crippen molar-refractivity contribution in [3.05, 3.63) is 26.9 Å². The number of rotatable bonds is 1. The van der Waals surface area contributed by atoms with E-state index in [4.69, 9.17) is 16.7 Å². The summed E-state index contributed by atoms with van der Waals surface area (Å²) in [5, 5.41) is 12.3. The predicted molar refractivity (Wildman–Crippen MR) is 82.1 cm³/mol. The van der Waals surface area contributed by atoms with Crippen molar-refractivity contribution < 1.29 is 14.3 Å². The van der Waals surface area contributed by atoms with E-state index in [2.05, 4.69) is 21.2 Å². The fourth-order valence-corrected chi connectivity index (χ4v) is 3.90. The lowest BCUT2D eigenvalue weighted by Crippen LogP contribution is -2.50. The van der Waals surface area contributed by atoms with Crippen molar-refractivity contribution in [3.63, 3.8) is 0 Å². The first-order chi connectivity index (χ1) is 9.93. The molecule has 0 aromatic heterocycles. The molecule has 1 fully saturated rings. The third kappa shape index (κ3) is 2.33. The third-order valence-electron chi connectivity index (χ3n) is 4.38. The number of hydrogen-bond donors (Lipinski definition) is 2. The molecule has 0 bridgehead atoms. The maximum Gasteiger partial charge on any atom is 0.248 e. The van der Waals surface area contributed by atoms with Gasteiger partial charge in [-0.15, -0.1) is 0 Å². The summed E-state index contributed by atoms with van der Waals surface area (Å²) in [4.78, 5) is 13.5. The summed E-state index contributed by atoms with van der Waals surface area (Å²) in [5.74, 6) is -0.735. The van der Waals surface area contributed by atoms with Crippen molar-refractivity contribution in [2.24, 2.45) is 0 Å². The molecule has 1 amide bonds. The topological polar surface area (TPSA) is 52.6 Å². The summed E-state index contributed by atoms with van der Waals surface area (Å²) >= 11 is 9.20. The van der Waals surface area contributed by atoms with Gasteiger partial charge in [-0.3, -0.25) is 4.79 Å². The van der Waals surface area contributed by atoms with Crippen molar-refractivity contribution in [1.82, 2.24) is 4.90 Å². The van der Waals surface area contributed by atoms with Crippen LogP contribution in [0.1, 0.15) is 24.8 Å². The van der Waals surface area contributed by atoms with E-state index >= 15 is 0 Å². The first kappa shape index (κ1) is 15.1. The summed E-state index contributed by atoms with van der Waals surface area (Å²) < 4.78 is 14.8. The van der Waals surface area contributed by atoms with Gasteiger partial charge < -0.3 is 15.3 Å². The van der Waals surface area contributed by atoms with Gasteiger partial charge in [0.2, 0.25) is 5.91 Å². The molecule has 114 valence electrons. The van der Waals surface area contributed by atoms with Crippen LogP contribution in [0.5, 0.6) is 0 Å². The smallest absolute Gasteiger partial charge is 0.248 e. The van der Waals surface area contributed by atoms with E-state index in [9.17, 15) is 9.18 Å². The van der Waals surface area contributed by atoms with Crippen molar-refractivity contribution in [1.29, 1.82) is 0 Å². The second-order valence-electron chi connectivity index (χ2n) is 5.60. The molecule has 0 aliphatic carbocycles. The van der Waals surface area contributed by atoms with Crippen LogP contribution in [-0.4, -0.2) is 41.1 Å². The Kier molecular flexibility index (Phi) is 3.88. The number of halogens is 3. The first-order valence-electron chi connectivity index (χ1n) is 6.78. The quantitative estimate of drug-likeness (QED) is 0.740. The maximum atomic E-state index is 14.3. The van der Waals surface area contributed by atoms with Crippen LogP contribution in [0.2, 0.25) is 5.02 Å². The average Bonchev–Trinajstić information content (AvgIpc) is 2.81. The molecule has 3 atom stereocenters. The Morgan fingerprint density at radius 3 is 3.05 bits per heavy atom. The van der Waals surface area contributed by atoms with E-state index in [1.165, 1.54) is 0 Å². The lowest BCUT2D eigenvalue weighted by Gasteiger charge is -2.40. The molecule has 2 heterocycles. The number of piperidine rings is 1. The number of likely N-dealkylation sites (tertiary alicyclic amines) is 1. The number of aliphatic hydroxyl groups is 1. The molecular formula is C14H15BrClFN2O2. The van der Waals surface area contributed by atoms with Crippen LogP contribution in [0, 0.1) is 5.82 Å². The fraction of sp³-hybridized carbons (Fsp3) is 0.500. The minimum absolute atomic E-state index is 0.00897. The summed E-state index contributed by atoms with van der Waals surface area (Å²) in [6.45, 7) is 1.91. The Balaban J connectivity index is 1.98. The van der Waals surface area contributed by atoms with Crippen LogP contribution in [0.25, 0.3) is 0 Å². The number of carbonyl (C=O) groups excluding carboxylic acids is 1. The van der Waals surface area contributed by atoms with Crippen LogP contribution < -0.4 is 5.32 Å². The molecule has 1 saturated heterocycles. The van der Waals surface area contributed by atoms with Gasteiger partial charge in [0.25, 0.3) is 0 Å². The number of nitrogens with zero attached hydrogens (tertiary/aromatic N) is 1. The van der Waals surface area contributed by atoms with Crippen LogP contribution >= 0.6 is 27.5 Å². The predicted octanol–water partition coefficient (Wildman–Crippen LogP) is 2.73. The van der Waals surface area contributed by atoms with E-state index < -0.39 is 12.4 Å². The van der Waals surface area contributed by atoms with Crippen LogP contribution in [0.3, 0.4) is 0 Å². The fourth-order valence-electron chi connectivity index (χ4n) is 3.33. The standard InChI is InChI=1S/C14H15BrClFN2O2/c1-6-2-10-8(4-19(6)11(21)5-20)7-3-9(15)12(16)13(17)14(7)18-10/h3,6,8,10,18,20H,2,4-5H2,1H3/t6-,8?,10?/m1/s1. The zero-order valence-corrected chi connectivity index (χ0v) is 13.7. The average molecular weight is 378 g/mol. The summed E-state index contributed by atoms with van der Waals surface area (Å²) in [7, 11) is 0. The molecule has 1 aromatic carbocycles. The molecule has 3 rings (SSSR count). The second-order valence-corrected chi connectivity index (χ2v) is 6.83. The molecule has 2 aliphatic heterocycles. The van der Waals surface area contributed by atoms with Gasteiger partial charge in [0.05, 0.1) is 10.7 Å². The van der Waals surface area contributed by atoms with Gasteiger partial charge >= 0.3 is 0 Å². The van der Waals surface area contributed by atoms with E-state index in [0.29, 0.717) is 23.1 Å². The molecular weight excluding hydrogens is 363 g/mol. The second kappa shape index (κ2) is 5.41. The maximum absolute atomic E-state index is 14.3. The first-order valence-corrected chi connectivity index (χ1v) is 7.95. The number of hydrogen-bond acceptors (Lipinski definition) is 3. The minimum atomic E-state index is -0.499. The lowest BCUT2D eigenvalue weighted by atomic mass is 9.86. The summed E-state index contributed by atoms with van der Waals surface area (Å²) in [6, 6.07) is 1.91. The normalized spacial score (nSPS) is 27.1. The Labute approximate surface area is 135 Å². The monoisotopic (exact) mass is 376 g/mol. The molecule has 4 nitrogen and oxygen atoms in total. The van der Waals surface area contributed by atoms with E-state index in [0.717, 1.165) is 5.56 Å². The highest BCUT2D eigenvalue weighted by Gasteiger charge is 2.42. The SMILES string of the molecule is C[C@@H]1CC2Nc3c(cc(Br)c(Cl)c3F)C2CN1C(=O)CO. The minimum Gasteiger partial charge on any atom is -0.387 e. The largest absolute Gasteiger partial charge is 0.387 e. The van der Waals surface area contributed by atoms with Gasteiger partial charge in [0.15, 0.2) is 5.82 Å². The Morgan fingerprint density at radius 2 is 2.38 bits per heavy atom. The van der Waals surface area contributed by atoms with Gasteiger partial charge in [-0.2, -0.15) is 0 Å². The molecule has 0 spiro atoms. The summed E-state index contributed by atoms with van der Waals surface area (Å²) in [5.41, 5.74) is 1.26. The molecule has 1 aromatic rings. The highest BCUT2D eigenvalue weighted by atomic mass is 79.9. The van der Waals surface area contributed by atoms with Crippen molar-refractivity contribution >= 4 is 39.1 Å². The van der Waals surface area contributed by atoms with E-state index in [1.54, 1.807) is 4.90 Å². The van der Waals surface area contributed by atoms with Crippen LogP contribution in [0.15, 0.2) is 10.5 Å². The molecule has 2 N–H and O–H groups in total. The van der Waals surface area contributed by atoms with Crippen molar-refractivity contribution in [2.45, 2.75) is 31.3 Å². The Bertz CT molecular complexity index is 613. The number of amides is 1. The number of fused-ring (bicyclic) bond motifs is 3. The molecule has 7 heteroatoms. The number of anilines is 1.